The fourth-order valence-electron chi connectivity index (χ4n) is 1.25. The molecule has 9 heteroatoms. The second kappa shape index (κ2) is 6.48. The summed E-state index contributed by atoms with van der Waals surface area (Å²) in [5.74, 6) is -2.58. The molecule has 5 nitrogen and oxygen atoms in total. The first-order chi connectivity index (χ1) is 8.26. The zero-order chi connectivity index (χ0) is 13.9. The van der Waals surface area contributed by atoms with Gasteiger partial charge in [0.1, 0.15) is 6.04 Å². The molecule has 0 aliphatic rings. The summed E-state index contributed by atoms with van der Waals surface area (Å²) in [5, 5.41) is 9.55. The maximum atomic E-state index is 12.0. The number of nitrogens with two attached hydrogens (primary N) is 1. The van der Waals surface area contributed by atoms with Crippen LogP contribution in [0.3, 0.4) is 0 Å². The highest BCUT2D eigenvalue weighted by molar-refractivity contribution is 5.85. The van der Waals surface area contributed by atoms with Gasteiger partial charge in [-0.15, -0.1) is 25.6 Å². The third kappa shape index (κ3) is 4.49. The third-order valence-corrected chi connectivity index (χ3v) is 2.05. The molecule has 0 fully saturated rings. The number of aromatic hydroxyl groups is 1. The zero-order valence-electron chi connectivity index (χ0n) is 9.60. The van der Waals surface area contributed by atoms with Gasteiger partial charge in [0.05, 0.1) is 7.11 Å². The molecule has 1 rings (SSSR count). The Morgan fingerprint density at radius 2 is 2.00 bits per heavy atom. The molecule has 3 N–H and O–H groups in total. The van der Waals surface area contributed by atoms with Gasteiger partial charge in [0.25, 0.3) is 0 Å². The number of ether oxygens (including phenoxy) is 2. The molecule has 0 amide bonds. The standard InChI is InChI=1S/C10H10F3NO4.ClH/c1-17-9(16)7(14)5-3-2-4-6(8(5)15)18-10(11,12)13;/h2-4,7,15H,14H2,1H3;1H/t7-;/m1./s1. The molecule has 0 aliphatic carbocycles. The number of phenolic OH excluding ortho intramolecular Hbond substituents is 1. The molecule has 0 saturated carbocycles. The number of phenols is 1. The lowest BCUT2D eigenvalue weighted by Gasteiger charge is -2.15. The van der Waals surface area contributed by atoms with Gasteiger partial charge >= 0.3 is 12.3 Å². The molecule has 0 heterocycles. The molecule has 1 atom stereocenters. The van der Waals surface area contributed by atoms with Crippen molar-refractivity contribution in [3.63, 3.8) is 0 Å². The van der Waals surface area contributed by atoms with Crippen LogP contribution in [0.1, 0.15) is 11.6 Å². The van der Waals surface area contributed by atoms with Gasteiger partial charge in [-0.25, -0.2) is 0 Å². The summed E-state index contributed by atoms with van der Waals surface area (Å²) in [6.07, 6.45) is -4.95. The number of rotatable bonds is 3. The number of hydrogen-bond acceptors (Lipinski definition) is 5. The Bertz CT molecular complexity index is 453. The molecule has 0 radical (unpaired) electrons. The Kier molecular flexibility index (Phi) is 5.91. The fraction of sp³-hybridized carbons (Fsp3) is 0.300. The number of benzene rings is 1. The van der Waals surface area contributed by atoms with Gasteiger partial charge < -0.3 is 20.3 Å². The van der Waals surface area contributed by atoms with Crippen molar-refractivity contribution in [1.29, 1.82) is 0 Å². The van der Waals surface area contributed by atoms with E-state index in [-0.39, 0.29) is 18.0 Å². The molecule has 0 bridgehead atoms. The van der Waals surface area contributed by atoms with Crippen LogP contribution in [0.2, 0.25) is 0 Å². The number of hydrogen-bond donors (Lipinski definition) is 2. The van der Waals surface area contributed by atoms with E-state index in [0.29, 0.717) is 0 Å². The summed E-state index contributed by atoms with van der Waals surface area (Å²) < 4.78 is 44.0. The van der Waals surface area contributed by atoms with Gasteiger partial charge in [-0.2, -0.15) is 0 Å². The zero-order valence-corrected chi connectivity index (χ0v) is 10.4. The predicted octanol–water partition coefficient (Wildman–Crippen LogP) is 1.89. The van der Waals surface area contributed by atoms with Crippen LogP contribution in [0.4, 0.5) is 13.2 Å². The molecule has 0 aromatic heterocycles. The number of esters is 1. The highest BCUT2D eigenvalue weighted by Crippen LogP contribution is 2.36. The lowest BCUT2D eigenvalue weighted by Crippen LogP contribution is -2.23. The first-order valence-electron chi connectivity index (χ1n) is 4.67. The summed E-state index contributed by atoms with van der Waals surface area (Å²) >= 11 is 0. The summed E-state index contributed by atoms with van der Waals surface area (Å²) in [4.78, 5) is 11.1. The number of halogens is 4. The van der Waals surface area contributed by atoms with E-state index in [2.05, 4.69) is 9.47 Å². The number of carbonyl (C=O) groups excluding carboxylic acids is 1. The fourth-order valence-corrected chi connectivity index (χ4v) is 1.25. The Balaban J connectivity index is 0.00000324. The molecule has 0 spiro atoms. The average molecular weight is 302 g/mol. The van der Waals surface area contributed by atoms with Crippen LogP contribution in [0.15, 0.2) is 18.2 Å². The lowest BCUT2D eigenvalue weighted by molar-refractivity contribution is -0.275. The SMILES string of the molecule is COC(=O)[C@H](N)c1cccc(OC(F)(F)F)c1O.Cl. The topological polar surface area (TPSA) is 81.8 Å². The Labute approximate surface area is 112 Å². The van der Waals surface area contributed by atoms with Crippen molar-refractivity contribution >= 4 is 18.4 Å². The molecule has 0 aliphatic heterocycles. The van der Waals surface area contributed by atoms with E-state index in [9.17, 15) is 23.1 Å². The van der Waals surface area contributed by atoms with Crippen molar-refractivity contribution in [2.75, 3.05) is 7.11 Å². The molecule has 108 valence electrons. The van der Waals surface area contributed by atoms with Crippen molar-refractivity contribution in [1.82, 2.24) is 0 Å². The minimum Gasteiger partial charge on any atom is -0.504 e. The quantitative estimate of drug-likeness (QED) is 0.833. The van der Waals surface area contributed by atoms with Gasteiger partial charge in [0.15, 0.2) is 11.5 Å². The van der Waals surface area contributed by atoms with Crippen LogP contribution >= 0.6 is 12.4 Å². The Morgan fingerprint density at radius 1 is 1.42 bits per heavy atom. The van der Waals surface area contributed by atoms with Gasteiger partial charge in [-0.1, -0.05) is 12.1 Å². The average Bonchev–Trinajstić information content (AvgIpc) is 2.28. The minimum atomic E-state index is -4.95. The van der Waals surface area contributed by atoms with E-state index >= 15 is 0 Å². The Morgan fingerprint density at radius 3 is 2.47 bits per heavy atom. The lowest BCUT2D eigenvalue weighted by atomic mass is 10.1. The van der Waals surface area contributed by atoms with E-state index in [1.54, 1.807) is 0 Å². The predicted molar refractivity (Wildman–Crippen MR) is 61.0 cm³/mol. The summed E-state index contributed by atoms with van der Waals surface area (Å²) in [7, 11) is 1.06. The van der Waals surface area contributed by atoms with Crippen LogP contribution in [0, 0.1) is 0 Å². The van der Waals surface area contributed by atoms with E-state index < -0.39 is 29.9 Å². The minimum absolute atomic E-state index is 0. The van der Waals surface area contributed by atoms with Crippen LogP contribution in [0.5, 0.6) is 11.5 Å². The summed E-state index contributed by atoms with van der Waals surface area (Å²) in [6, 6.07) is 1.86. The second-order valence-electron chi connectivity index (χ2n) is 3.24. The smallest absolute Gasteiger partial charge is 0.504 e. The highest BCUT2D eigenvalue weighted by atomic mass is 35.5. The Hall–Kier alpha value is -1.67. The first-order valence-corrected chi connectivity index (χ1v) is 4.67. The van der Waals surface area contributed by atoms with Gasteiger partial charge in [0, 0.05) is 5.56 Å². The molecular formula is C10H11ClF3NO4. The van der Waals surface area contributed by atoms with E-state index in [4.69, 9.17) is 5.73 Å². The van der Waals surface area contributed by atoms with Crippen molar-refractivity contribution < 1.29 is 32.5 Å². The van der Waals surface area contributed by atoms with Crippen molar-refractivity contribution in [2.24, 2.45) is 5.73 Å². The summed E-state index contributed by atoms with van der Waals surface area (Å²) in [5.41, 5.74) is 5.19. The molecule has 0 saturated heterocycles. The van der Waals surface area contributed by atoms with Crippen LogP contribution < -0.4 is 10.5 Å². The molecule has 0 unspecified atom stereocenters. The largest absolute Gasteiger partial charge is 0.573 e. The van der Waals surface area contributed by atoms with Crippen LogP contribution in [0.25, 0.3) is 0 Å². The van der Waals surface area contributed by atoms with Crippen molar-refractivity contribution in [3.05, 3.63) is 23.8 Å². The van der Waals surface area contributed by atoms with Gasteiger partial charge in [-0.3, -0.25) is 4.79 Å². The molecule has 1 aromatic carbocycles. The number of alkyl halides is 3. The number of methoxy groups -OCH3 is 1. The maximum Gasteiger partial charge on any atom is 0.573 e. The van der Waals surface area contributed by atoms with Crippen molar-refractivity contribution in [3.8, 4) is 11.5 Å². The normalized spacial score (nSPS) is 12.3. The van der Waals surface area contributed by atoms with E-state index in [0.717, 1.165) is 13.2 Å². The summed E-state index contributed by atoms with van der Waals surface area (Å²) in [6.45, 7) is 0. The van der Waals surface area contributed by atoms with E-state index in [1.807, 2.05) is 0 Å². The first kappa shape index (κ1) is 17.3. The van der Waals surface area contributed by atoms with Crippen LogP contribution in [-0.2, 0) is 9.53 Å². The second-order valence-corrected chi connectivity index (χ2v) is 3.24. The number of para-hydroxylation sites is 1. The maximum absolute atomic E-state index is 12.0. The molecular weight excluding hydrogens is 291 g/mol. The number of carbonyl (C=O) groups is 1. The highest BCUT2D eigenvalue weighted by Gasteiger charge is 2.33. The van der Waals surface area contributed by atoms with Gasteiger partial charge in [0.2, 0.25) is 0 Å². The van der Waals surface area contributed by atoms with Gasteiger partial charge in [-0.05, 0) is 6.07 Å². The monoisotopic (exact) mass is 301 g/mol. The molecule has 19 heavy (non-hydrogen) atoms. The van der Waals surface area contributed by atoms with E-state index in [1.165, 1.54) is 12.1 Å². The van der Waals surface area contributed by atoms with Crippen molar-refractivity contribution in [2.45, 2.75) is 12.4 Å². The third-order valence-electron chi connectivity index (χ3n) is 2.05. The molecule has 1 aromatic rings. The van der Waals surface area contributed by atoms with Crippen LogP contribution in [-0.4, -0.2) is 24.5 Å².